The maximum atomic E-state index is 12.6. The second-order valence-electron chi connectivity index (χ2n) is 7.02. The molecule has 0 aliphatic carbocycles. The molecule has 1 saturated heterocycles. The first kappa shape index (κ1) is 16.8. The number of ether oxygens (including phenoxy) is 1. The molecular formula is C18H28N2O2. The lowest BCUT2D eigenvalue weighted by molar-refractivity contribution is -0.126. The van der Waals surface area contributed by atoms with Gasteiger partial charge < -0.3 is 15.4 Å². The van der Waals surface area contributed by atoms with Gasteiger partial charge in [-0.1, -0.05) is 26.0 Å². The highest BCUT2D eigenvalue weighted by Crippen LogP contribution is 2.26. The van der Waals surface area contributed by atoms with E-state index in [-0.39, 0.29) is 11.9 Å². The maximum Gasteiger partial charge on any atom is 0.230 e. The fraction of sp³-hybridized carbons (Fsp3) is 0.611. The zero-order valence-electron chi connectivity index (χ0n) is 14.1. The van der Waals surface area contributed by atoms with Crippen molar-refractivity contribution >= 4 is 5.91 Å². The van der Waals surface area contributed by atoms with Crippen LogP contribution in [-0.4, -0.2) is 31.6 Å². The summed E-state index contributed by atoms with van der Waals surface area (Å²) in [7, 11) is 0. The number of hydrogen-bond donors (Lipinski definition) is 2. The smallest absolute Gasteiger partial charge is 0.230 e. The summed E-state index contributed by atoms with van der Waals surface area (Å²) in [6, 6.07) is 8.12. The van der Waals surface area contributed by atoms with E-state index in [9.17, 15) is 4.79 Å². The fourth-order valence-corrected chi connectivity index (χ4v) is 2.51. The number of amides is 1. The molecule has 0 aromatic heterocycles. The second-order valence-corrected chi connectivity index (χ2v) is 7.02. The third-order valence-corrected chi connectivity index (χ3v) is 4.12. The first-order valence-corrected chi connectivity index (χ1v) is 8.14. The average molecular weight is 304 g/mol. The molecule has 2 N–H and O–H groups in total. The van der Waals surface area contributed by atoms with Crippen LogP contribution < -0.4 is 15.4 Å². The van der Waals surface area contributed by atoms with Gasteiger partial charge in [-0.2, -0.15) is 0 Å². The Morgan fingerprint density at radius 3 is 2.59 bits per heavy atom. The Morgan fingerprint density at radius 2 is 2.05 bits per heavy atom. The summed E-state index contributed by atoms with van der Waals surface area (Å²) in [6.45, 7) is 10.7. The lowest BCUT2D eigenvalue weighted by Crippen LogP contribution is -2.45. The molecule has 1 aromatic rings. The van der Waals surface area contributed by atoms with Crippen molar-refractivity contribution in [1.82, 2.24) is 10.6 Å². The quantitative estimate of drug-likeness (QED) is 0.849. The van der Waals surface area contributed by atoms with Gasteiger partial charge in [0.15, 0.2) is 0 Å². The third kappa shape index (κ3) is 4.23. The van der Waals surface area contributed by atoms with Crippen LogP contribution in [0.25, 0.3) is 0 Å². The van der Waals surface area contributed by atoms with E-state index in [4.69, 9.17) is 4.74 Å². The highest BCUT2D eigenvalue weighted by Gasteiger charge is 2.31. The van der Waals surface area contributed by atoms with Gasteiger partial charge in [0.1, 0.15) is 5.75 Å². The van der Waals surface area contributed by atoms with E-state index >= 15 is 0 Å². The Bertz CT molecular complexity index is 488. The Labute approximate surface area is 133 Å². The van der Waals surface area contributed by atoms with E-state index in [1.807, 2.05) is 38.1 Å². The number of benzene rings is 1. The van der Waals surface area contributed by atoms with E-state index in [0.717, 1.165) is 30.8 Å². The van der Waals surface area contributed by atoms with Crippen molar-refractivity contribution in [3.8, 4) is 5.75 Å². The summed E-state index contributed by atoms with van der Waals surface area (Å²) in [5, 5.41) is 6.41. The van der Waals surface area contributed by atoms with Crippen molar-refractivity contribution in [2.24, 2.45) is 5.92 Å². The van der Waals surface area contributed by atoms with Gasteiger partial charge >= 0.3 is 0 Å². The van der Waals surface area contributed by atoms with E-state index in [2.05, 4.69) is 24.5 Å². The van der Waals surface area contributed by atoms with Gasteiger partial charge in [0.2, 0.25) is 5.91 Å². The molecule has 0 spiro atoms. The fourth-order valence-electron chi connectivity index (χ4n) is 2.51. The summed E-state index contributed by atoms with van der Waals surface area (Å²) < 4.78 is 5.69. The first-order chi connectivity index (χ1) is 10.4. The van der Waals surface area contributed by atoms with Crippen molar-refractivity contribution in [1.29, 1.82) is 0 Å². The third-order valence-electron chi connectivity index (χ3n) is 4.12. The summed E-state index contributed by atoms with van der Waals surface area (Å²) in [4.78, 5) is 12.6. The molecule has 122 valence electrons. The van der Waals surface area contributed by atoms with Crippen molar-refractivity contribution < 1.29 is 9.53 Å². The molecule has 4 nitrogen and oxygen atoms in total. The van der Waals surface area contributed by atoms with Crippen molar-refractivity contribution in [3.63, 3.8) is 0 Å². The number of carbonyl (C=O) groups excluding carboxylic acids is 1. The van der Waals surface area contributed by atoms with E-state index in [0.29, 0.717) is 12.5 Å². The monoisotopic (exact) mass is 304 g/mol. The number of hydrogen-bond acceptors (Lipinski definition) is 3. The number of nitrogens with one attached hydrogen (secondary N) is 2. The van der Waals surface area contributed by atoms with E-state index in [1.54, 1.807) is 0 Å². The van der Waals surface area contributed by atoms with Gasteiger partial charge in [0.25, 0.3) is 0 Å². The van der Waals surface area contributed by atoms with Crippen molar-refractivity contribution in [2.45, 2.75) is 45.6 Å². The Morgan fingerprint density at radius 1 is 1.36 bits per heavy atom. The second kappa shape index (κ2) is 7.14. The summed E-state index contributed by atoms with van der Waals surface area (Å²) in [6.07, 6.45) is 1.00. The van der Waals surface area contributed by atoms with Crippen LogP contribution in [0.5, 0.6) is 5.75 Å². The van der Waals surface area contributed by atoms with Gasteiger partial charge in [-0.05, 0) is 50.4 Å². The minimum atomic E-state index is -0.542. The van der Waals surface area contributed by atoms with Crippen LogP contribution in [0.3, 0.4) is 0 Å². The molecule has 1 fully saturated rings. The molecule has 22 heavy (non-hydrogen) atoms. The van der Waals surface area contributed by atoms with Gasteiger partial charge in [-0.3, -0.25) is 4.79 Å². The summed E-state index contributed by atoms with van der Waals surface area (Å²) in [5.74, 6) is 1.44. The molecule has 1 amide bonds. The van der Waals surface area contributed by atoms with E-state index in [1.165, 1.54) is 0 Å². The highest BCUT2D eigenvalue weighted by molar-refractivity contribution is 5.87. The minimum Gasteiger partial charge on any atom is -0.493 e. The first-order valence-electron chi connectivity index (χ1n) is 8.14. The zero-order valence-corrected chi connectivity index (χ0v) is 14.1. The molecule has 1 heterocycles. The number of carbonyl (C=O) groups is 1. The lowest BCUT2D eigenvalue weighted by Gasteiger charge is -2.26. The van der Waals surface area contributed by atoms with Crippen LogP contribution in [0, 0.1) is 5.92 Å². The molecule has 0 saturated carbocycles. The standard InChI is InChI=1S/C18H28N2O2/c1-13(2)12-22-16-7-5-14(6-8-16)18(3,4)17(21)20-15-9-10-19-11-15/h5-8,13,15,19H,9-12H2,1-4H3,(H,20,21). The molecule has 1 aliphatic heterocycles. The van der Waals surface area contributed by atoms with E-state index < -0.39 is 5.41 Å². The number of rotatable bonds is 6. The van der Waals surface area contributed by atoms with Gasteiger partial charge in [-0.25, -0.2) is 0 Å². The molecule has 1 unspecified atom stereocenters. The predicted octanol–water partition coefficient (Wildman–Crippen LogP) is 2.48. The summed E-state index contributed by atoms with van der Waals surface area (Å²) in [5.41, 5.74) is 0.465. The highest BCUT2D eigenvalue weighted by atomic mass is 16.5. The average Bonchev–Trinajstić information content (AvgIpc) is 2.98. The molecule has 1 aromatic carbocycles. The molecular weight excluding hydrogens is 276 g/mol. The predicted molar refractivity (Wildman–Crippen MR) is 89.2 cm³/mol. The van der Waals surface area contributed by atoms with Crippen LogP contribution in [-0.2, 0) is 10.2 Å². The molecule has 0 radical (unpaired) electrons. The van der Waals surface area contributed by atoms with Crippen LogP contribution in [0.4, 0.5) is 0 Å². The minimum absolute atomic E-state index is 0.0806. The Kier molecular flexibility index (Phi) is 5.46. The molecule has 1 atom stereocenters. The SMILES string of the molecule is CC(C)COc1ccc(C(C)(C)C(=O)NC2CCNC2)cc1. The van der Waals surface area contributed by atoms with Gasteiger partial charge in [0, 0.05) is 12.6 Å². The lowest BCUT2D eigenvalue weighted by atomic mass is 9.83. The largest absolute Gasteiger partial charge is 0.493 e. The Hall–Kier alpha value is -1.55. The van der Waals surface area contributed by atoms with Gasteiger partial charge in [0.05, 0.1) is 12.0 Å². The topological polar surface area (TPSA) is 50.4 Å². The van der Waals surface area contributed by atoms with Gasteiger partial charge in [-0.15, -0.1) is 0 Å². The van der Waals surface area contributed by atoms with Crippen molar-refractivity contribution in [2.75, 3.05) is 19.7 Å². The molecule has 1 aliphatic rings. The van der Waals surface area contributed by atoms with Crippen LogP contribution in [0.1, 0.15) is 39.7 Å². The van der Waals surface area contributed by atoms with Crippen LogP contribution >= 0.6 is 0 Å². The van der Waals surface area contributed by atoms with Crippen molar-refractivity contribution in [3.05, 3.63) is 29.8 Å². The molecule has 0 bridgehead atoms. The summed E-state index contributed by atoms with van der Waals surface area (Å²) >= 11 is 0. The molecule has 4 heteroatoms. The zero-order chi connectivity index (χ0) is 16.2. The Balaban J connectivity index is 1.99. The van der Waals surface area contributed by atoms with Crippen LogP contribution in [0.2, 0.25) is 0 Å². The maximum absolute atomic E-state index is 12.6. The van der Waals surface area contributed by atoms with Crippen LogP contribution in [0.15, 0.2) is 24.3 Å². The normalized spacial score (nSPS) is 18.5. The molecule has 2 rings (SSSR count).